The second-order valence-corrected chi connectivity index (χ2v) is 6.69. The molecule has 1 fully saturated rings. The van der Waals surface area contributed by atoms with E-state index in [2.05, 4.69) is 5.32 Å². The molecule has 1 aliphatic rings. The highest BCUT2D eigenvalue weighted by Gasteiger charge is 2.39. The number of aliphatic carboxylic acids is 1. The van der Waals surface area contributed by atoms with Crippen LogP contribution in [-0.2, 0) is 9.59 Å². The van der Waals surface area contributed by atoms with Crippen molar-refractivity contribution in [1.29, 1.82) is 0 Å². The lowest BCUT2D eigenvalue weighted by Crippen LogP contribution is -2.43. The minimum absolute atomic E-state index is 0.0567. The molecule has 1 amide bonds. The van der Waals surface area contributed by atoms with Gasteiger partial charge in [-0.2, -0.15) is 11.8 Å². The molecule has 104 valence electrons. The van der Waals surface area contributed by atoms with E-state index in [0.717, 1.165) is 24.3 Å². The Bertz CT molecular complexity index is 313. The summed E-state index contributed by atoms with van der Waals surface area (Å²) in [4.78, 5) is 23.3. The van der Waals surface area contributed by atoms with Gasteiger partial charge in [-0.05, 0) is 31.4 Å². The average molecular weight is 273 g/mol. The fraction of sp³-hybridized carbons (Fsp3) is 0.846. The minimum atomic E-state index is -0.980. The Morgan fingerprint density at radius 2 is 2.17 bits per heavy atom. The Labute approximate surface area is 113 Å². The first-order valence-corrected chi connectivity index (χ1v) is 7.62. The predicted molar refractivity (Wildman–Crippen MR) is 73.7 cm³/mol. The van der Waals surface area contributed by atoms with Crippen LogP contribution >= 0.6 is 11.8 Å². The van der Waals surface area contributed by atoms with Gasteiger partial charge in [0.2, 0.25) is 5.91 Å². The van der Waals surface area contributed by atoms with Gasteiger partial charge in [0.25, 0.3) is 0 Å². The molecule has 2 atom stereocenters. The van der Waals surface area contributed by atoms with Crippen molar-refractivity contribution in [2.45, 2.75) is 46.1 Å². The van der Waals surface area contributed by atoms with Gasteiger partial charge in [0, 0.05) is 18.2 Å². The Kier molecular flexibility index (Phi) is 5.50. The molecule has 1 saturated heterocycles. The summed E-state index contributed by atoms with van der Waals surface area (Å²) in [5.41, 5.74) is -0.980. The van der Waals surface area contributed by atoms with Crippen LogP contribution in [0.5, 0.6) is 0 Å². The average Bonchev–Trinajstić information content (AvgIpc) is 2.29. The number of carboxylic acids is 1. The molecular weight excluding hydrogens is 250 g/mol. The van der Waals surface area contributed by atoms with Crippen LogP contribution in [0.15, 0.2) is 0 Å². The van der Waals surface area contributed by atoms with Gasteiger partial charge in [-0.1, -0.05) is 13.8 Å². The predicted octanol–water partition coefficient (Wildman–Crippen LogP) is 2.14. The first-order chi connectivity index (χ1) is 8.36. The number of nitrogens with one attached hydrogen (secondary N) is 1. The maximum atomic E-state index is 12.0. The van der Waals surface area contributed by atoms with E-state index >= 15 is 0 Å². The first-order valence-electron chi connectivity index (χ1n) is 6.46. The number of carbonyl (C=O) groups is 2. The van der Waals surface area contributed by atoms with Crippen LogP contribution in [0.3, 0.4) is 0 Å². The number of carboxylic acid groups (broad SMARTS) is 1. The second kappa shape index (κ2) is 6.45. The lowest BCUT2D eigenvalue weighted by atomic mass is 9.76. The van der Waals surface area contributed by atoms with Crippen molar-refractivity contribution in [1.82, 2.24) is 5.32 Å². The summed E-state index contributed by atoms with van der Waals surface area (Å²) in [7, 11) is 0. The van der Waals surface area contributed by atoms with Crippen molar-refractivity contribution in [3.05, 3.63) is 0 Å². The van der Waals surface area contributed by atoms with Crippen LogP contribution in [-0.4, -0.2) is 34.5 Å². The van der Waals surface area contributed by atoms with Gasteiger partial charge in [0.05, 0.1) is 5.41 Å². The molecule has 0 radical (unpaired) electrons. The van der Waals surface area contributed by atoms with Crippen molar-refractivity contribution in [3.8, 4) is 0 Å². The van der Waals surface area contributed by atoms with E-state index in [1.165, 1.54) is 0 Å². The van der Waals surface area contributed by atoms with Gasteiger partial charge in [-0.25, -0.2) is 0 Å². The van der Waals surface area contributed by atoms with Crippen LogP contribution in [0.4, 0.5) is 0 Å². The Morgan fingerprint density at radius 1 is 1.50 bits per heavy atom. The van der Waals surface area contributed by atoms with E-state index in [9.17, 15) is 14.7 Å². The number of thioether (sulfide) groups is 1. The zero-order valence-electron chi connectivity index (χ0n) is 11.4. The Hall–Kier alpha value is -0.710. The summed E-state index contributed by atoms with van der Waals surface area (Å²) in [5, 5.41) is 12.2. The standard InChI is InChI=1S/C13H23NO3S/c1-9(2)13(3,12(16)17)7-11(15)14-10-5-4-6-18-8-10/h9-10H,4-8H2,1-3H3,(H,14,15)(H,16,17). The summed E-state index contributed by atoms with van der Waals surface area (Å²) in [6.45, 7) is 5.34. The zero-order chi connectivity index (χ0) is 13.8. The lowest BCUT2D eigenvalue weighted by molar-refractivity contribution is -0.153. The molecule has 4 nitrogen and oxygen atoms in total. The third-order valence-corrected chi connectivity index (χ3v) is 5.03. The Morgan fingerprint density at radius 3 is 2.61 bits per heavy atom. The monoisotopic (exact) mass is 273 g/mol. The van der Waals surface area contributed by atoms with Gasteiger partial charge in [-0.3, -0.25) is 9.59 Å². The molecule has 1 heterocycles. The summed E-state index contributed by atoms with van der Waals surface area (Å²) in [5.74, 6) is 0.996. The first kappa shape index (κ1) is 15.3. The number of hydrogen-bond donors (Lipinski definition) is 2. The smallest absolute Gasteiger partial charge is 0.310 e. The molecule has 0 aromatic heterocycles. The molecule has 1 rings (SSSR count). The third kappa shape index (κ3) is 3.90. The number of rotatable bonds is 5. The van der Waals surface area contributed by atoms with Crippen LogP contribution in [0, 0.1) is 11.3 Å². The van der Waals surface area contributed by atoms with Crippen LogP contribution in [0.2, 0.25) is 0 Å². The van der Waals surface area contributed by atoms with E-state index in [4.69, 9.17) is 0 Å². The SMILES string of the molecule is CC(C)C(C)(CC(=O)NC1CCCSC1)C(=O)O. The van der Waals surface area contributed by atoms with Crippen molar-refractivity contribution in [2.75, 3.05) is 11.5 Å². The minimum Gasteiger partial charge on any atom is -0.481 e. The van der Waals surface area contributed by atoms with Gasteiger partial charge in [0.1, 0.15) is 0 Å². The lowest BCUT2D eigenvalue weighted by Gasteiger charge is -2.30. The molecule has 2 N–H and O–H groups in total. The van der Waals surface area contributed by atoms with Crippen molar-refractivity contribution >= 4 is 23.6 Å². The maximum absolute atomic E-state index is 12.0. The third-order valence-electron chi connectivity index (χ3n) is 3.82. The van der Waals surface area contributed by atoms with Gasteiger partial charge < -0.3 is 10.4 Å². The summed E-state index contributed by atoms with van der Waals surface area (Å²) < 4.78 is 0. The largest absolute Gasteiger partial charge is 0.481 e. The fourth-order valence-corrected chi connectivity index (χ4v) is 3.07. The van der Waals surface area contributed by atoms with Crippen molar-refractivity contribution in [2.24, 2.45) is 11.3 Å². The van der Waals surface area contributed by atoms with Crippen LogP contribution in [0.1, 0.15) is 40.0 Å². The van der Waals surface area contributed by atoms with Crippen LogP contribution < -0.4 is 5.32 Å². The summed E-state index contributed by atoms with van der Waals surface area (Å²) in [6.07, 6.45) is 2.18. The highest BCUT2D eigenvalue weighted by Crippen LogP contribution is 2.31. The molecular formula is C13H23NO3S. The van der Waals surface area contributed by atoms with E-state index in [1.807, 2.05) is 25.6 Å². The molecule has 18 heavy (non-hydrogen) atoms. The van der Waals surface area contributed by atoms with E-state index in [1.54, 1.807) is 6.92 Å². The Balaban J connectivity index is 2.53. The number of hydrogen-bond acceptors (Lipinski definition) is 3. The highest BCUT2D eigenvalue weighted by atomic mass is 32.2. The molecule has 0 saturated carbocycles. The topological polar surface area (TPSA) is 66.4 Å². The number of amides is 1. The fourth-order valence-electron chi connectivity index (χ4n) is 1.99. The molecule has 1 aliphatic heterocycles. The summed E-state index contributed by atoms with van der Waals surface area (Å²) >= 11 is 1.84. The van der Waals surface area contributed by atoms with Crippen molar-refractivity contribution < 1.29 is 14.7 Å². The molecule has 5 heteroatoms. The molecule has 0 aromatic rings. The molecule has 0 aromatic carbocycles. The molecule has 0 bridgehead atoms. The number of carbonyl (C=O) groups excluding carboxylic acids is 1. The van der Waals surface area contributed by atoms with E-state index in [-0.39, 0.29) is 24.3 Å². The quantitative estimate of drug-likeness (QED) is 0.805. The van der Waals surface area contributed by atoms with E-state index < -0.39 is 11.4 Å². The second-order valence-electron chi connectivity index (χ2n) is 5.54. The highest BCUT2D eigenvalue weighted by molar-refractivity contribution is 7.99. The molecule has 0 aliphatic carbocycles. The van der Waals surface area contributed by atoms with Gasteiger partial charge in [0.15, 0.2) is 0 Å². The van der Waals surface area contributed by atoms with Crippen LogP contribution in [0.25, 0.3) is 0 Å². The van der Waals surface area contributed by atoms with Crippen molar-refractivity contribution in [3.63, 3.8) is 0 Å². The maximum Gasteiger partial charge on any atom is 0.310 e. The zero-order valence-corrected chi connectivity index (χ0v) is 12.2. The normalized spacial score (nSPS) is 23.4. The van der Waals surface area contributed by atoms with Gasteiger partial charge >= 0.3 is 5.97 Å². The summed E-state index contributed by atoms with van der Waals surface area (Å²) in [6, 6.07) is 0.210. The van der Waals surface area contributed by atoms with Gasteiger partial charge in [-0.15, -0.1) is 0 Å². The van der Waals surface area contributed by atoms with E-state index in [0.29, 0.717) is 0 Å². The molecule has 2 unspecified atom stereocenters. The molecule has 0 spiro atoms.